The van der Waals surface area contributed by atoms with Gasteiger partial charge in [-0.05, 0) is 43.2 Å². The van der Waals surface area contributed by atoms with Crippen LogP contribution in [0.25, 0.3) is 16.9 Å². The number of nitrogens with zero attached hydrogens (tertiary/aromatic N) is 3. The maximum Gasteiger partial charge on any atom is 0.339 e. The first-order valence-electron chi connectivity index (χ1n) is 11.1. The van der Waals surface area contributed by atoms with Gasteiger partial charge in [0.2, 0.25) is 5.91 Å². The van der Waals surface area contributed by atoms with Crippen molar-refractivity contribution in [2.24, 2.45) is 5.10 Å². The molecule has 2 aromatic carbocycles. The molecule has 0 spiro atoms. The summed E-state index contributed by atoms with van der Waals surface area (Å²) in [5.74, 6) is -0.417. The highest BCUT2D eigenvalue weighted by Crippen LogP contribution is 2.30. The van der Waals surface area contributed by atoms with Crippen LogP contribution in [0.5, 0.6) is 0 Å². The van der Waals surface area contributed by atoms with Gasteiger partial charge in [0, 0.05) is 24.2 Å². The third kappa shape index (κ3) is 4.59. The number of aliphatic hydroxyl groups excluding tert-OH is 1. The van der Waals surface area contributed by atoms with Crippen molar-refractivity contribution in [3.8, 4) is 16.9 Å². The molecule has 1 aliphatic heterocycles. The maximum absolute atomic E-state index is 12.6. The van der Waals surface area contributed by atoms with E-state index in [0.29, 0.717) is 25.0 Å². The van der Waals surface area contributed by atoms with Gasteiger partial charge >= 0.3 is 5.97 Å². The number of esters is 1. The Morgan fingerprint density at radius 2 is 1.79 bits per heavy atom. The summed E-state index contributed by atoms with van der Waals surface area (Å²) in [6.07, 6.45) is 0.934. The molecule has 0 atom stereocenters. The fourth-order valence-electron chi connectivity index (χ4n) is 4.06. The molecule has 0 saturated heterocycles. The molecule has 0 aliphatic carbocycles. The summed E-state index contributed by atoms with van der Waals surface area (Å²) in [4.78, 5) is 24.5. The van der Waals surface area contributed by atoms with E-state index in [-0.39, 0.29) is 25.0 Å². The van der Waals surface area contributed by atoms with Gasteiger partial charge in [0.05, 0.1) is 36.7 Å². The van der Waals surface area contributed by atoms with E-state index in [1.54, 1.807) is 6.92 Å². The van der Waals surface area contributed by atoms with Crippen molar-refractivity contribution in [2.45, 2.75) is 26.7 Å². The Balaban J connectivity index is 1.74. The number of aliphatic hydroxyl groups is 1. The second-order valence-electron chi connectivity index (χ2n) is 7.78. The summed E-state index contributed by atoms with van der Waals surface area (Å²) >= 11 is 0. The summed E-state index contributed by atoms with van der Waals surface area (Å²) in [6.45, 7) is 4.09. The largest absolute Gasteiger partial charge is 0.462 e. The van der Waals surface area contributed by atoms with Gasteiger partial charge in [-0.15, -0.1) is 0 Å². The Morgan fingerprint density at radius 3 is 2.45 bits per heavy atom. The predicted molar refractivity (Wildman–Crippen MR) is 126 cm³/mol. The van der Waals surface area contributed by atoms with Crippen LogP contribution in [0.2, 0.25) is 0 Å². The highest BCUT2D eigenvalue weighted by Gasteiger charge is 2.22. The number of carbonyl (C=O) groups is 2. The molecule has 1 aromatic heterocycles. The third-order valence-electron chi connectivity index (χ3n) is 5.69. The van der Waals surface area contributed by atoms with Gasteiger partial charge in [0.25, 0.3) is 0 Å². The van der Waals surface area contributed by atoms with Crippen LogP contribution in [0.3, 0.4) is 0 Å². The van der Waals surface area contributed by atoms with Crippen molar-refractivity contribution in [1.29, 1.82) is 0 Å². The highest BCUT2D eigenvalue weighted by molar-refractivity contribution is 6.04. The first-order valence-corrected chi connectivity index (χ1v) is 11.1. The molecule has 1 amide bonds. The van der Waals surface area contributed by atoms with E-state index < -0.39 is 0 Å². The first kappa shape index (κ1) is 22.5. The molecule has 7 heteroatoms. The van der Waals surface area contributed by atoms with Gasteiger partial charge in [-0.25, -0.2) is 9.80 Å². The van der Waals surface area contributed by atoms with E-state index in [1.165, 1.54) is 5.01 Å². The number of benzene rings is 2. The quantitative estimate of drug-likeness (QED) is 0.558. The van der Waals surface area contributed by atoms with E-state index in [9.17, 15) is 14.7 Å². The van der Waals surface area contributed by atoms with Gasteiger partial charge in [0.15, 0.2) is 0 Å². The van der Waals surface area contributed by atoms with E-state index >= 15 is 0 Å². The molecule has 0 saturated carbocycles. The van der Waals surface area contributed by atoms with Crippen LogP contribution < -0.4 is 0 Å². The standard InChI is InChI=1S/C26H27N3O4/c1-3-33-26(32)22-17-24(20-7-5-4-6-8-20)29(18(22)2)21-11-9-19(10-12-21)23-13-14-25(31)28(27-23)15-16-30/h4-12,17,30H,3,13-16H2,1-2H3. The third-order valence-corrected chi connectivity index (χ3v) is 5.69. The van der Waals surface area contributed by atoms with Crippen molar-refractivity contribution >= 4 is 17.6 Å². The molecule has 3 aromatic rings. The number of carbonyl (C=O) groups excluding carboxylic acids is 2. The summed E-state index contributed by atoms with van der Waals surface area (Å²) in [6, 6.07) is 19.7. The Hall–Kier alpha value is -3.71. The fourth-order valence-corrected chi connectivity index (χ4v) is 4.06. The van der Waals surface area contributed by atoms with E-state index in [0.717, 1.165) is 33.9 Å². The molecule has 0 radical (unpaired) electrons. The van der Waals surface area contributed by atoms with Crippen LogP contribution in [-0.4, -0.2) is 52.0 Å². The summed E-state index contributed by atoms with van der Waals surface area (Å²) < 4.78 is 7.32. The Morgan fingerprint density at radius 1 is 1.06 bits per heavy atom. The lowest BCUT2D eigenvalue weighted by atomic mass is 10.0. The monoisotopic (exact) mass is 445 g/mol. The molecule has 2 heterocycles. The van der Waals surface area contributed by atoms with E-state index in [1.807, 2.05) is 67.6 Å². The van der Waals surface area contributed by atoms with Crippen molar-refractivity contribution in [3.05, 3.63) is 77.5 Å². The van der Waals surface area contributed by atoms with Gasteiger partial charge < -0.3 is 14.4 Å². The Bertz CT molecular complexity index is 1180. The number of β-amino-alcohol motifs (C(OH)–C–C–N with tert-alkyl or cyclic N) is 1. The molecular formula is C26H27N3O4. The number of aromatic nitrogens is 1. The number of hydrogen-bond acceptors (Lipinski definition) is 5. The van der Waals surface area contributed by atoms with E-state index in [4.69, 9.17) is 4.74 Å². The van der Waals surface area contributed by atoms with Gasteiger partial charge in [0.1, 0.15) is 0 Å². The summed E-state index contributed by atoms with van der Waals surface area (Å²) in [7, 11) is 0. The van der Waals surface area contributed by atoms with Crippen molar-refractivity contribution in [3.63, 3.8) is 0 Å². The molecule has 170 valence electrons. The number of rotatable bonds is 7. The molecule has 1 N–H and O–H groups in total. The minimum absolute atomic E-state index is 0.0774. The molecule has 0 bridgehead atoms. The zero-order valence-corrected chi connectivity index (χ0v) is 18.8. The Kier molecular flexibility index (Phi) is 6.70. The molecule has 1 aliphatic rings. The average molecular weight is 446 g/mol. The van der Waals surface area contributed by atoms with Crippen molar-refractivity contribution < 1.29 is 19.4 Å². The van der Waals surface area contributed by atoms with Crippen LogP contribution in [0, 0.1) is 6.92 Å². The summed E-state index contributed by atoms with van der Waals surface area (Å²) in [5.41, 5.74) is 5.88. The summed E-state index contributed by atoms with van der Waals surface area (Å²) in [5, 5.41) is 14.9. The lowest BCUT2D eigenvalue weighted by Crippen LogP contribution is -2.34. The van der Waals surface area contributed by atoms with E-state index in [2.05, 4.69) is 9.67 Å². The van der Waals surface area contributed by atoms with Crippen molar-refractivity contribution in [2.75, 3.05) is 19.8 Å². The predicted octanol–water partition coefficient (Wildman–Crippen LogP) is 3.95. The van der Waals surface area contributed by atoms with Gasteiger partial charge in [-0.2, -0.15) is 5.10 Å². The normalized spacial score (nSPS) is 13.7. The zero-order chi connectivity index (χ0) is 23.4. The average Bonchev–Trinajstić information content (AvgIpc) is 3.18. The minimum Gasteiger partial charge on any atom is -0.462 e. The van der Waals surface area contributed by atoms with Crippen LogP contribution >= 0.6 is 0 Å². The molecular weight excluding hydrogens is 418 g/mol. The van der Waals surface area contributed by atoms with Crippen LogP contribution in [0.15, 0.2) is 65.8 Å². The fraction of sp³-hybridized carbons (Fsp3) is 0.269. The molecule has 7 nitrogen and oxygen atoms in total. The number of hydrogen-bond donors (Lipinski definition) is 1. The van der Waals surface area contributed by atoms with Crippen LogP contribution in [-0.2, 0) is 9.53 Å². The molecule has 33 heavy (non-hydrogen) atoms. The van der Waals surface area contributed by atoms with Gasteiger partial charge in [-0.1, -0.05) is 42.5 Å². The zero-order valence-electron chi connectivity index (χ0n) is 18.8. The first-order chi connectivity index (χ1) is 16.0. The maximum atomic E-state index is 12.6. The van der Waals surface area contributed by atoms with Gasteiger partial charge in [-0.3, -0.25) is 4.79 Å². The molecule has 4 rings (SSSR count). The number of hydrazone groups is 1. The second kappa shape index (κ2) is 9.83. The van der Waals surface area contributed by atoms with Crippen molar-refractivity contribution in [1.82, 2.24) is 9.58 Å². The SMILES string of the molecule is CCOC(=O)c1cc(-c2ccccc2)n(-c2ccc(C3=NN(CCO)C(=O)CC3)cc2)c1C. The topological polar surface area (TPSA) is 84.1 Å². The smallest absolute Gasteiger partial charge is 0.339 e. The lowest BCUT2D eigenvalue weighted by molar-refractivity contribution is -0.132. The number of ether oxygens (including phenoxy) is 1. The van der Waals surface area contributed by atoms with Crippen LogP contribution in [0.4, 0.5) is 0 Å². The second-order valence-corrected chi connectivity index (χ2v) is 7.78. The highest BCUT2D eigenvalue weighted by atomic mass is 16.5. The minimum atomic E-state index is -0.340. The molecule has 0 unspecified atom stereocenters. The van der Waals surface area contributed by atoms with Crippen LogP contribution in [0.1, 0.15) is 41.4 Å². The molecule has 0 fully saturated rings. The lowest BCUT2D eigenvalue weighted by Gasteiger charge is -2.23. The Labute approximate surface area is 192 Å². The number of amides is 1.